The van der Waals surface area contributed by atoms with Gasteiger partial charge in [-0.2, -0.15) is 0 Å². The molecule has 0 saturated heterocycles. The second kappa shape index (κ2) is 6.22. The van der Waals surface area contributed by atoms with Crippen LogP contribution in [0, 0.1) is 0 Å². The molecule has 1 aliphatic rings. The summed E-state index contributed by atoms with van der Waals surface area (Å²) in [5.74, 6) is 1.70. The van der Waals surface area contributed by atoms with Crippen molar-refractivity contribution in [3.8, 4) is 0 Å². The Morgan fingerprint density at radius 3 is 2.53 bits per heavy atom. The van der Waals surface area contributed by atoms with Crippen LogP contribution in [0.15, 0.2) is 40.3 Å². The SMILES string of the molecule is CNC1=NC(C)N=C(NCCc2ccccc2)N1C. The first kappa shape index (κ1) is 13.4. The van der Waals surface area contributed by atoms with Gasteiger partial charge in [-0.3, -0.25) is 4.90 Å². The summed E-state index contributed by atoms with van der Waals surface area (Å²) in [5.41, 5.74) is 1.32. The first-order valence-electron chi connectivity index (χ1n) is 6.55. The van der Waals surface area contributed by atoms with Gasteiger partial charge >= 0.3 is 0 Å². The Bertz CT molecular complexity index is 466. The first-order valence-corrected chi connectivity index (χ1v) is 6.55. The smallest absolute Gasteiger partial charge is 0.202 e. The lowest BCUT2D eigenvalue weighted by molar-refractivity contribution is 0.596. The predicted octanol–water partition coefficient (Wildman–Crippen LogP) is 1.04. The van der Waals surface area contributed by atoms with Crippen molar-refractivity contribution >= 4 is 11.9 Å². The Morgan fingerprint density at radius 2 is 1.84 bits per heavy atom. The van der Waals surface area contributed by atoms with Crippen molar-refractivity contribution in [2.45, 2.75) is 19.5 Å². The highest BCUT2D eigenvalue weighted by Gasteiger charge is 2.18. The van der Waals surface area contributed by atoms with Crippen LogP contribution >= 0.6 is 0 Å². The van der Waals surface area contributed by atoms with E-state index in [1.165, 1.54) is 5.56 Å². The Labute approximate surface area is 114 Å². The molecule has 1 aromatic carbocycles. The van der Waals surface area contributed by atoms with E-state index in [1.54, 1.807) is 0 Å². The molecule has 1 aromatic rings. The van der Waals surface area contributed by atoms with Gasteiger partial charge in [0.05, 0.1) is 0 Å². The van der Waals surface area contributed by atoms with Gasteiger partial charge in [0, 0.05) is 20.6 Å². The van der Waals surface area contributed by atoms with Crippen molar-refractivity contribution in [2.75, 3.05) is 20.6 Å². The predicted molar refractivity (Wildman–Crippen MR) is 79.3 cm³/mol. The summed E-state index contributed by atoms with van der Waals surface area (Å²) in [6.45, 7) is 2.83. The third-order valence-electron chi connectivity index (χ3n) is 3.02. The number of hydrogen-bond donors (Lipinski definition) is 2. The Hall–Kier alpha value is -2.04. The fraction of sp³-hybridized carbons (Fsp3) is 0.429. The molecule has 102 valence electrons. The summed E-state index contributed by atoms with van der Waals surface area (Å²) in [5, 5.41) is 6.45. The molecule has 1 heterocycles. The van der Waals surface area contributed by atoms with E-state index in [0.29, 0.717) is 0 Å². The van der Waals surface area contributed by atoms with E-state index in [0.717, 1.165) is 24.9 Å². The molecule has 1 unspecified atom stereocenters. The summed E-state index contributed by atoms with van der Waals surface area (Å²) >= 11 is 0. The molecule has 2 rings (SSSR count). The largest absolute Gasteiger partial charge is 0.359 e. The average molecular weight is 259 g/mol. The highest BCUT2D eigenvalue weighted by molar-refractivity contribution is 5.99. The summed E-state index contributed by atoms with van der Waals surface area (Å²) in [6, 6.07) is 10.4. The molecule has 0 radical (unpaired) electrons. The quantitative estimate of drug-likeness (QED) is 0.853. The number of aliphatic imine (C=N–C) groups is 2. The van der Waals surface area contributed by atoms with Crippen LogP contribution in [0.2, 0.25) is 0 Å². The minimum Gasteiger partial charge on any atom is -0.359 e. The number of guanidine groups is 2. The normalized spacial score (nSPS) is 18.7. The minimum atomic E-state index is -0.0436. The molecule has 0 saturated carbocycles. The lowest BCUT2D eigenvalue weighted by atomic mass is 10.1. The van der Waals surface area contributed by atoms with Crippen molar-refractivity contribution in [3.05, 3.63) is 35.9 Å². The third kappa shape index (κ3) is 3.47. The molecule has 5 nitrogen and oxygen atoms in total. The van der Waals surface area contributed by atoms with E-state index >= 15 is 0 Å². The van der Waals surface area contributed by atoms with Gasteiger partial charge in [0.25, 0.3) is 0 Å². The second-order valence-corrected chi connectivity index (χ2v) is 4.51. The molecule has 0 aromatic heterocycles. The van der Waals surface area contributed by atoms with E-state index in [2.05, 4.69) is 44.9 Å². The molecule has 2 N–H and O–H groups in total. The summed E-state index contributed by atoms with van der Waals surface area (Å²) in [4.78, 5) is 10.8. The number of hydrogen-bond acceptors (Lipinski definition) is 5. The van der Waals surface area contributed by atoms with Gasteiger partial charge < -0.3 is 10.6 Å². The standard InChI is InChI=1S/C14H21N5/c1-11-17-13(15-2)19(3)14(18-11)16-10-9-12-7-5-4-6-8-12/h4-8,11H,9-10H2,1-3H3,(H,15,17)(H,16,18). The number of benzene rings is 1. The van der Waals surface area contributed by atoms with Crippen LogP contribution in [-0.4, -0.2) is 43.6 Å². The van der Waals surface area contributed by atoms with Gasteiger partial charge in [-0.1, -0.05) is 30.3 Å². The van der Waals surface area contributed by atoms with Crippen molar-refractivity contribution in [1.29, 1.82) is 0 Å². The Morgan fingerprint density at radius 1 is 1.16 bits per heavy atom. The fourth-order valence-corrected chi connectivity index (χ4v) is 2.02. The van der Waals surface area contributed by atoms with E-state index < -0.39 is 0 Å². The molecular weight excluding hydrogens is 238 g/mol. The maximum atomic E-state index is 4.50. The Kier molecular flexibility index (Phi) is 4.39. The minimum absolute atomic E-state index is 0.0436. The van der Waals surface area contributed by atoms with Gasteiger partial charge in [0.1, 0.15) is 6.17 Å². The van der Waals surface area contributed by atoms with Gasteiger partial charge in [-0.25, -0.2) is 9.98 Å². The molecule has 0 bridgehead atoms. The van der Waals surface area contributed by atoms with Crippen LogP contribution in [0.3, 0.4) is 0 Å². The molecule has 1 aliphatic heterocycles. The monoisotopic (exact) mass is 259 g/mol. The molecule has 5 heteroatoms. The Balaban J connectivity index is 1.89. The second-order valence-electron chi connectivity index (χ2n) is 4.51. The van der Waals surface area contributed by atoms with Crippen molar-refractivity contribution < 1.29 is 0 Å². The maximum absolute atomic E-state index is 4.50. The zero-order valence-electron chi connectivity index (χ0n) is 11.7. The zero-order valence-corrected chi connectivity index (χ0v) is 11.7. The van der Waals surface area contributed by atoms with E-state index in [4.69, 9.17) is 0 Å². The highest BCUT2D eigenvalue weighted by Crippen LogP contribution is 2.04. The lowest BCUT2D eigenvalue weighted by Gasteiger charge is -2.28. The van der Waals surface area contributed by atoms with Crippen LogP contribution in [0.5, 0.6) is 0 Å². The molecule has 0 fully saturated rings. The average Bonchev–Trinajstić information content (AvgIpc) is 2.43. The molecule has 19 heavy (non-hydrogen) atoms. The summed E-state index contributed by atoms with van der Waals surface area (Å²) in [7, 11) is 3.82. The van der Waals surface area contributed by atoms with E-state index in [-0.39, 0.29) is 6.17 Å². The van der Waals surface area contributed by atoms with Crippen molar-refractivity contribution in [3.63, 3.8) is 0 Å². The maximum Gasteiger partial charge on any atom is 0.202 e. The first-order chi connectivity index (χ1) is 9.20. The molecule has 0 aliphatic carbocycles. The van der Waals surface area contributed by atoms with Gasteiger partial charge in [-0.15, -0.1) is 0 Å². The molecule has 0 spiro atoms. The molecule has 0 amide bonds. The van der Waals surface area contributed by atoms with Crippen LogP contribution in [0.1, 0.15) is 12.5 Å². The van der Waals surface area contributed by atoms with Gasteiger partial charge in [0.2, 0.25) is 11.9 Å². The third-order valence-corrected chi connectivity index (χ3v) is 3.02. The van der Waals surface area contributed by atoms with Gasteiger partial charge in [-0.05, 0) is 18.9 Å². The van der Waals surface area contributed by atoms with Crippen LogP contribution in [0.25, 0.3) is 0 Å². The van der Waals surface area contributed by atoms with Crippen LogP contribution < -0.4 is 10.6 Å². The molecular formula is C14H21N5. The summed E-state index contributed by atoms with van der Waals surface area (Å²) < 4.78 is 0. The molecule has 1 atom stereocenters. The number of nitrogens with zero attached hydrogens (tertiary/aromatic N) is 3. The van der Waals surface area contributed by atoms with E-state index in [1.807, 2.05) is 32.0 Å². The van der Waals surface area contributed by atoms with E-state index in [9.17, 15) is 0 Å². The van der Waals surface area contributed by atoms with Crippen molar-refractivity contribution in [2.24, 2.45) is 9.98 Å². The number of rotatable bonds is 3. The zero-order chi connectivity index (χ0) is 13.7. The van der Waals surface area contributed by atoms with Gasteiger partial charge in [0.15, 0.2) is 0 Å². The van der Waals surface area contributed by atoms with Crippen molar-refractivity contribution in [1.82, 2.24) is 15.5 Å². The summed E-state index contributed by atoms with van der Waals surface area (Å²) in [6.07, 6.45) is 0.937. The number of nitrogens with one attached hydrogen (secondary N) is 2. The van der Waals surface area contributed by atoms with Crippen LogP contribution in [0.4, 0.5) is 0 Å². The fourth-order valence-electron chi connectivity index (χ4n) is 2.02. The lowest BCUT2D eigenvalue weighted by Crippen LogP contribution is -2.50. The highest BCUT2D eigenvalue weighted by atomic mass is 15.4. The van der Waals surface area contributed by atoms with Crippen LogP contribution in [-0.2, 0) is 6.42 Å². The topological polar surface area (TPSA) is 52.0 Å².